The predicted octanol–water partition coefficient (Wildman–Crippen LogP) is 4.52. The van der Waals surface area contributed by atoms with Gasteiger partial charge in [0.15, 0.2) is 0 Å². The quantitative estimate of drug-likeness (QED) is 0.428. The van der Waals surface area contributed by atoms with Gasteiger partial charge >= 0.3 is 11.9 Å². The summed E-state index contributed by atoms with van der Waals surface area (Å²) in [7, 11) is 0. The molecule has 8 nitrogen and oxygen atoms in total. The summed E-state index contributed by atoms with van der Waals surface area (Å²) in [5.74, 6) is -1.79. The summed E-state index contributed by atoms with van der Waals surface area (Å²) in [5, 5.41) is 20.1. The molecule has 4 rings (SSSR count). The highest BCUT2D eigenvalue weighted by Gasteiger charge is 2.21. The third kappa shape index (κ3) is 7.48. The fraction of sp³-hybridized carbons (Fsp3) is 0.273. The van der Waals surface area contributed by atoms with Gasteiger partial charge in [0.25, 0.3) is 0 Å². The number of carbonyl (C=O) groups is 2. The van der Waals surface area contributed by atoms with E-state index in [1.165, 1.54) is 17.4 Å². The third-order valence-corrected chi connectivity index (χ3v) is 6.12. The first-order chi connectivity index (χ1) is 15.8. The van der Waals surface area contributed by atoms with Crippen LogP contribution in [0.4, 0.5) is 10.2 Å². The van der Waals surface area contributed by atoms with Gasteiger partial charge in [-0.1, -0.05) is 29.8 Å². The van der Waals surface area contributed by atoms with Crippen LogP contribution in [-0.4, -0.2) is 56.2 Å². The molecule has 3 heterocycles. The highest BCUT2D eigenvalue weighted by molar-refractivity contribution is 7.22. The largest absolute Gasteiger partial charge is 0.478 e. The number of thiophene rings is 1. The zero-order valence-corrected chi connectivity index (χ0v) is 19.0. The van der Waals surface area contributed by atoms with Crippen molar-refractivity contribution in [1.82, 2.24) is 14.9 Å². The van der Waals surface area contributed by atoms with E-state index in [1.54, 1.807) is 12.4 Å². The lowest BCUT2D eigenvalue weighted by Crippen LogP contribution is -2.39. The van der Waals surface area contributed by atoms with Crippen LogP contribution in [0.3, 0.4) is 0 Å². The van der Waals surface area contributed by atoms with Crippen molar-refractivity contribution in [2.24, 2.45) is 0 Å². The Labute approximate surface area is 199 Å². The Morgan fingerprint density at radius 2 is 1.88 bits per heavy atom. The number of hydrogen-bond acceptors (Lipinski definition) is 7. The standard InChI is InChI=1S/C18H18ClFN4S.C4H4O4.H2/c19-16-9-14-17(21-11-22-18(14)25-16)23-13-5-7-24(8-6-13)10-12-3-1-2-4-15(12)20;5-3(6)1-2-4(7)8;/h1-4,9,11,13H,5-8,10H2,(H,21,22,23);1-2H,(H,5,6)(H,7,8);1H/b;2-1-;. The Balaban J connectivity index is 0.000000394. The van der Waals surface area contributed by atoms with Crippen LogP contribution in [0, 0.1) is 5.82 Å². The number of halogens is 2. The number of aliphatic carboxylic acids is 2. The van der Waals surface area contributed by atoms with Crippen LogP contribution >= 0.6 is 22.9 Å². The Bertz CT molecular complexity index is 1140. The van der Waals surface area contributed by atoms with Crippen LogP contribution in [-0.2, 0) is 16.1 Å². The van der Waals surface area contributed by atoms with E-state index in [1.807, 2.05) is 18.2 Å². The summed E-state index contributed by atoms with van der Waals surface area (Å²) < 4.78 is 14.5. The van der Waals surface area contributed by atoms with Crippen molar-refractivity contribution in [3.8, 4) is 0 Å². The number of likely N-dealkylation sites (tertiary alicyclic amines) is 1. The molecule has 0 unspecified atom stereocenters. The Morgan fingerprint density at radius 1 is 1.21 bits per heavy atom. The van der Waals surface area contributed by atoms with Crippen LogP contribution in [0.5, 0.6) is 0 Å². The fourth-order valence-electron chi connectivity index (χ4n) is 3.38. The van der Waals surface area contributed by atoms with E-state index < -0.39 is 11.9 Å². The summed E-state index contributed by atoms with van der Waals surface area (Å²) in [6.07, 6.45) is 4.69. The molecule has 1 aliphatic heterocycles. The van der Waals surface area contributed by atoms with Crippen LogP contribution in [0.1, 0.15) is 19.8 Å². The minimum atomic E-state index is -1.26. The lowest BCUT2D eigenvalue weighted by molar-refractivity contribution is -0.134. The molecule has 3 aromatic rings. The first-order valence-electron chi connectivity index (χ1n) is 10.1. The number of hydrogen-bond donors (Lipinski definition) is 3. The number of rotatable bonds is 6. The molecule has 2 aromatic heterocycles. The molecule has 0 bridgehead atoms. The van der Waals surface area contributed by atoms with Gasteiger partial charge in [0.1, 0.15) is 22.8 Å². The second kappa shape index (κ2) is 11.7. The zero-order valence-electron chi connectivity index (χ0n) is 17.4. The van der Waals surface area contributed by atoms with Crippen LogP contribution in [0.15, 0.2) is 48.8 Å². The average Bonchev–Trinajstić information content (AvgIpc) is 3.17. The Hall–Kier alpha value is -3.08. The molecule has 3 N–H and O–H groups in total. The third-order valence-electron chi connectivity index (χ3n) is 4.95. The molecule has 33 heavy (non-hydrogen) atoms. The van der Waals surface area contributed by atoms with E-state index in [2.05, 4.69) is 20.2 Å². The molecule has 0 aliphatic carbocycles. The van der Waals surface area contributed by atoms with Gasteiger partial charge in [-0.15, -0.1) is 11.3 Å². The first kappa shape index (κ1) is 24.6. The molecule has 176 valence electrons. The fourth-order valence-corrected chi connectivity index (χ4v) is 4.44. The molecule has 1 aromatic carbocycles. The monoisotopic (exact) mass is 494 g/mol. The Morgan fingerprint density at radius 3 is 2.52 bits per heavy atom. The number of carboxylic acid groups (broad SMARTS) is 2. The van der Waals surface area contributed by atoms with E-state index in [0.717, 1.165) is 51.9 Å². The lowest BCUT2D eigenvalue weighted by atomic mass is 10.0. The zero-order chi connectivity index (χ0) is 23.8. The van der Waals surface area contributed by atoms with Crippen molar-refractivity contribution in [3.63, 3.8) is 0 Å². The molecular weight excluding hydrogens is 471 g/mol. The van der Waals surface area contributed by atoms with Crippen LogP contribution in [0.2, 0.25) is 4.34 Å². The van der Waals surface area contributed by atoms with E-state index in [0.29, 0.717) is 24.7 Å². The normalized spacial score (nSPS) is 14.7. The number of benzene rings is 1. The summed E-state index contributed by atoms with van der Waals surface area (Å²) in [6.45, 7) is 2.53. The molecule has 0 atom stereocenters. The van der Waals surface area contributed by atoms with Crippen LogP contribution < -0.4 is 5.32 Å². The number of nitrogens with one attached hydrogen (secondary N) is 1. The van der Waals surface area contributed by atoms with Gasteiger partial charge in [-0.2, -0.15) is 0 Å². The molecule has 0 radical (unpaired) electrons. The van der Waals surface area contributed by atoms with Gasteiger partial charge in [-0.3, -0.25) is 4.90 Å². The SMILES string of the molecule is Fc1ccccc1CN1CCC(Nc2ncnc3sc(Cl)cc23)CC1.O=C(O)/C=C\C(=O)O.[HH]. The summed E-state index contributed by atoms with van der Waals surface area (Å²) in [5.41, 5.74) is 0.763. The van der Waals surface area contributed by atoms with Gasteiger partial charge in [0.2, 0.25) is 0 Å². The maximum atomic E-state index is 13.8. The molecule has 0 spiro atoms. The number of fused-ring (bicyclic) bond motifs is 1. The number of anilines is 1. The van der Waals surface area contributed by atoms with Crippen molar-refractivity contribution in [2.45, 2.75) is 25.4 Å². The average molecular weight is 495 g/mol. The van der Waals surface area contributed by atoms with Crippen molar-refractivity contribution >= 4 is 50.9 Å². The molecule has 1 fully saturated rings. The second-order valence-corrected chi connectivity index (χ2v) is 8.95. The van der Waals surface area contributed by atoms with Crippen molar-refractivity contribution in [2.75, 3.05) is 18.4 Å². The molecule has 1 saturated heterocycles. The highest BCUT2D eigenvalue weighted by Crippen LogP contribution is 2.32. The van der Waals surface area contributed by atoms with E-state index in [-0.39, 0.29) is 7.24 Å². The van der Waals surface area contributed by atoms with Crippen molar-refractivity contribution in [1.29, 1.82) is 0 Å². The smallest absolute Gasteiger partial charge is 0.328 e. The van der Waals surface area contributed by atoms with Gasteiger partial charge < -0.3 is 15.5 Å². The maximum Gasteiger partial charge on any atom is 0.328 e. The molecule has 0 saturated carbocycles. The van der Waals surface area contributed by atoms with E-state index >= 15 is 0 Å². The first-order valence-corrected chi connectivity index (χ1v) is 11.3. The van der Waals surface area contributed by atoms with Crippen LogP contribution in [0.25, 0.3) is 10.2 Å². The topological polar surface area (TPSA) is 116 Å². The minimum Gasteiger partial charge on any atom is -0.478 e. The minimum absolute atomic E-state index is 0. The summed E-state index contributed by atoms with van der Waals surface area (Å²) >= 11 is 7.55. The number of piperidine rings is 1. The van der Waals surface area contributed by atoms with E-state index in [9.17, 15) is 14.0 Å². The van der Waals surface area contributed by atoms with Gasteiger partial charge in [-0.05, 0) is 25.0 Å². The van der Waals surface area contributed by atoms with Gasteiger partial charge in [-0.25, -0.2) is 23.9 Å². The van der Waals surface area contributed by atoms with E-state index in [4.69, 9.17) is 21.8 Å². The van der Waals surface area contributed by atoms with Gasteiger partial charge in [0, 0.05) is 44.8 Å². The second-order valence-electron chi connectivity index (χ2n) is 7.29. The molecular formula is C22H24ClFN4O4S. The molecule has 0 amide bonds. The van der Waals surface area contributed by atoms with Crippen molar-refractivity contribution in [3.05, 3.63) is 64.5 Å². The summed E-state index contributed by atoms with van der Waals surface area (Å²) in [6, 6.07) is 9.27. The maximum absolute atomic E-state index is 13.8. The highest BCUT2D eigenvalue weighted by atomic mass is 35.5. The molecule has 11 heteroatoms. The lowest BCUT2D eigenvalue weighted by Gasteiger charge is -2.32. The van der Waals surface area contributed by atoms with Crippen molar-refractivity contribution < 1.29 is 25.6 Å². The number of aromatic nitrogens is 2. The Kier molecular flexibility index (Phi) is 8.70. The van der Waals surface area contributed by atoms with Gasteiger partial charge in [0.05, 0.1) is 9.72 Å². The summed E-state index contributed by atoms with van der Waals surface area (Å²) in [4.78, 5) is 30.9. The number of carboxylic acids is 2. The number of nitrogens with zero attached hydrogens (tertiary/aromatic N) is 3. The molecule has 1 aliphatic rings. The predicted molar refractivity (Wildman–Crippen MR) is 127 cm³/mol.